The molecule has 2 aliphatic carbocycles. The quantitative estimate of drug-likeness (QED) is 0.197. The fraction of sp³-hybridized carbons (Fsp3) is 1.00. The number of ether oxygens (including phenoxy) is 7. The van der Waals surface area contributed by atoms with Crippen LogP contribution in [0.25, 0.3) is 0 Å². The molecule has 322 valence electrons. The van der Waals surface area contributed by atoms with Crippen molar-refractivity contribution in [2.24, 2.45) is 5.92 Å². The first-order valence-corrected chi connectivity index (χ1v) is 20.9. The minimum atomic E-state index is 0.0417. The largest absolute Gasteiger partial charge is 0.382 e. The maximum absolute atomic E-state index is 5.48. The molecule has 0 N–H and O–H groups in total. The van der Waals surface area contributed by atoms with E-state index in [1.54, 1.807) is 35.5 Å². The van der Waals surface area contributed by atoms with Gasteiger partial charge < -0.3 is 33.2 Å². The van der Waals surface area contributed by atoms with Gasteiger partial charge in [0.15, 0.2) is 0 Å². The van der Waals surface area contributed by atoms with Crippen LogP contribution in [0, 0.1) is 5.92 Å². The van der Waals surface area contributed by atoms with Gasteiger partial charge >= 0.3 is 0 Å². The van der Waals surface area contributed by atoms with Crippen molar-refractivity contribution in [3.8, 4) is 0 Å². The molecular formula is C45H100O7. The van der Waals surface area contributed by atoms with E-state index in [-0.39, 0.29) is 22.4 Å². The van der Waals surface area contributed by atoms with E-state index >= 15 is 0 Å². The molecule has 2 aliphatic rings. The van der Waals surface area contributed by atoms with Gasteiger partial charge in [-0.15, -0.1) is 0 Å². The van der Waals surface area contributed by atoms with E-state index in [4.69, 9.17) is 33.2 Å². The molecule has 2 rings (SSSR count). The average molecular weight is 753 g/mol. The minimum absolute atomic E-state index is 0.0417. The van der Waals surface area contributed by atoms with Gasteiger partial charge in [0.05, 0.1) is 40.7 Å². The first kappa shape index (κ1) is 61.0. The fourth-order valence-electron chi connectivity index (χ4n) is 4.76. The monoisotopic (exact) mass is 753 g/mol. The van der Waals surface area contributed by atoms with Gasteiger partial charge in [0.1, 0.15) is 0 Å². The lowest BCUT2D eigenvalue weighted by molar-refractivity contribution is -0.0399. The number of hydrogen-bond acceptors (Lipinski definition) is 7. The summed E-state index contributed by atoms with van der Waals surface area (Å²) >= 11 is 0. The molecule has 0 amide bonds. The number of hydrogen-bond donors (Lipinski definition) is 0. The van der Waals surface area contributed by atoms with Crippen LogP contribution in [-0.4, -0.2) is 90.5 Å². The molecule has 0 aromatic carbocycles. The molecule has 0 heterocycles. The second-order valence-electron chi connectivity index (χ2n) is 16.5. The predicted octanol–water partition coefficient (Wildman–Crippen LogP) is 13.3. The summed E-state index contributed by atoms with van der Waals surface area (Å²) in [6, 6.07) is 0. The molecule has 1 atom stereocenters. The fourth-order valence-corrected chi connectivity index (χ4v) is 4.76. The lowest BCUT2D eigenvalue weighted by Crippen LogP contribution is -2.34. The Bertz CT molecular complexity index is 644. The lowest BCUT2D eigenvalue weighted by atomic mass is 9.79. The summed E-state index contributed by atoms with van der Waals surface area (Å²) in [5.41, 5.74) is 0.403. The standard InChI is InChI=1S/C10H20O.C8H18O.C7H14O.C6H14O.2C5H12O.C4H10O/c1-10(2,11-3)9-7-5-4-6-8-9;1-5-8(6-2,7-3)9-4;1-8-7-5-3-2-4-6-7;1-5-6(2,3)7-4;1-5(2,3)6-4;1-4-5(2)6-3;1-4(2)5-3/h9H,4-8H2,1-3H3;5-7H2,1-4H3;7H,2-6H2,1H3;5H2,1-4H3;1-4H3;5H,4H2,1-3H3;4H,1-3H3. The maximum Gasteiger partial charge on any atom is 0.0671 e. The zero-order valence-corrected chi connectivity index (χ0v) is 39.8. The van der Waals surface area contributed by atoms with E-state index < -0.39 is 0 Å². The molecule has 7 nitrogen and oxygen atoms in total. The Hall–Kier alpha value is -0.280. The zero-order chi connectivity index (χ0) is 41.9. The SMILES string of the molecule is CCC(C)(C)OC.CCC(C)OC.CCC(CC)(CC)OC.COC(C)(C)C.COC(C)(C)C1CCCCC1.COC(C)C.COC1CCCCC1. The van der Waals surface area contributed by atoms with Crippen LogP contribution in [0.4, 0.5) is 0 Å². The Morgan fingerprint density at radius 2 is 0.885 bits per heavy atom. The molecule has 52 heavy (non-hydrogen) atoms. The van der Waals surface area contributed by atoms with Crippen molar-refractivity contribution in [3.05, 3.63) is 0 Å². The Labute approximate surface area is 329 Å². The van der Waals surface area contributed by atoms with Crippen LogP contribution in [0.5, 0.6) is 0 Å². The third kappa shape index (κ3) is 40.9. The van der Waals surface area contributed by atoms with Crippen molar-refractivity contribution in [2.45, 2.75) is 241 Å². The third-order valence-corrected chi connectivity index (χ3v) is 10.8. The molecule has 0 aromatic heterocycles. The van der Waals surface area contributed by atoms with E-state index in [0.717, 1.165) is 38.0 Å². The van der Waals surface area contributed by atoms with E-state index in [1.165, 1.54) is 64.2 Å². The minimum Gasteiger partial charge on any atom is -0.382 e. The second-order valence-corrected chi connectivity index (χ2v) is 16.5. The Kier molecular flexibility index (Phi) is 44.1. The lowest BCUT2D eigenvalue weighted by Gasteiger charge is -2.35. The summed E-state index contributed by atoms with van der Waals surface area (Å²) in [6.45, 7) is 31.4. The summed E-state index contributed by atoms with van der Waals surface area (Å²) in [6.07, 6.45) is 20.6. The highest BCUT2D eigenvalue weighted by Crippen LogP contribution is 2.34. The zero-order valence-electron chi connectivity index (χ0n) is 39.8. The van der Waals surface area contributed by atoms with Crippen LogP contribution in [-0.2, 0) is 33.2 Å². The summed E-state index contributed by atoms with van der Waals surface area (Å²) in [7, 11) is 12.3. The van der Waals surface area contributed by atoms with Crippen molar-refractivity contribution < 1.29 is 33.2 Å². The van der Waals surface area contributed by atoms with Crippen LogP contribution in [0.15, 0.2) is 0 Å². The van der Waals surface area contributed by atoms with E-state index in [2.05, 4.69) is 69.2 Å². The summed E-state index contributed by atoms with van der Waals surface area (Å²) < 4.78 is 35.7. The van der Waals surface area contributed by atoms with Gasteiger partial charge in [-0.3, -0.25) is 0 Å². The van der Waals surface area contributed by atoms with Crippen LogP contribution < -0.4 is 0 Å². The van der Waals surface area contributed by atoms with Crippen molar-refractivity contribution >= 4 is 0 Å². The molecule has 0 bridgehead atoms. The molecular weight excluding hydrogens is 652 g/mol. The molecule has 0 saturated heterocycles. The van der Waals surface area contributed by atoms with E-state index in [1.807, 2.05) is 48.8 Å². The molecule has 0 spiro atoms. The van der Waals surface area contributed by atoms with Gasteiger partial charge in [-0.1, -0.05) is 73.1 Å². The number of rotatable bonds is 12. The Morgan fingerprint density at radius 3 is 1.02 bits per heavy atom. The van der Waals surface area contributed by atoms with E-state index in [9.17, 15) is 0 Å². The van der Waals surface area contributed by atoms with Crippen molar-refractivity contribution in [3.63, 3.8) is 0 Å². The van der Waals surface area contributed by atoms with Crippen molar-refractivity contribution in [2.75, 3.05) is 49.8 Å². The van der Waals surface area contributed by atoms with Gasteiger partial charge in [-0.2, -0.15) is 0 Å². The van der Waals surface area contributed by atoms with Crippen LogP contribution in [0.3, 0.4) is 0 Å². The van der Waals surface area contributed by atoms with Gasteiger partial charge in [0.25, 0.3) is 0 Å². The van der Waals surface area contributed by atoms with Crippen molar-refractivity contribution in [1.82, 2.24) is 0 Å². The number of methoxy groups -OCH3 is 7. The summed E-state index contributed by atoms with van der Waals surface area (Å²) in [5, 5.41) is 0. The summed E-state index contributed by atoms with van der Waals surface area (Å²) in [4.78, 5) is 0. The molecule has 0 radical (unpaired) electrons. The van der Waals surface area contributed by atoms with Crippen LogP contribution in [0.2, 0.25) is 0 Å². The first-order chi connectivity index (χ1) is 24.1. The highest BCUT2D eigenvalue weighted by Gasteiger charge is 2.30. The smallest absolute Gasteiger partial charge is 0.0671 e. The van der Waals surface area contributed by atoms with Crippen LogP contribution in [0.1, 0.15) is 200 Å². The maximum atomic E-state index is 5.48. The van der Waals surface area contributed by atoms with Gasteiger partial charge in [0.2, 0.25) is 0 Å². The topological polar surface area (TPSA) is 64.6 Å². The normalized spacial score (nSPS) is 16.0. The van der Waals surface area contributed by atoms with E-state index in [0.29, 0.717) is 18.3 Å². The van der Waals surface area contributed by atoms with Crippen LogP contribution >= 0.6 is 0 Å². The predicted molar refractivity (Wildman–Crippen MR) is 229 cm³/mol. The van der Waals surface area contributed by atoms with Gasteiger partial charge in [-0.05, 0) is 133 Å². The average Bonchev–Trinajstić information content (AvgIpc) is 3.17. The Balaban J connectivity index is -0.000000168. The van der Waals surface area contributed by atoms with Gasteiger partial charge in [-0.25, -0.2) is 0 Å². The highest BCUT2D eigenvalue weighted by molar-refractivity contribution is 4.81. The molecule has 1 unspecified atom stereocenters. The Morgan fingerprint density at radius 1 is 0.500 bits per heavy atom. The van der Waals surface area contributed by atoms with Gasteiger partial charge in [0, 0.05) is 49.8 Å². The molecule has 2 fully saturated rings. The molecule has 0 aromatic rings. The molecule has 2 saturated carbocycles. The second kappa shape index (κ2) is 37.6. The third-order valence-electron chi connectivity index (χ3n) is 10.8. The summed E-state index contributed by atoms with van der Waals surface area (Å²) in [5.74, 6) is 0.793. The molecule has 7 heteroatoms. The van der Waals surface area contributed by atoms with Crippen molar-refractivity contribution in [1.29, 1.82) is 0 Å². The molecule has 0 aliphatic heterocycles. The highest BCUT2D eigenvalue weighted by atomic mass is 16.5. The first-order valence-electron chi connectivity index (χ1n) is 20.9.